The molecule has 2 heterocycles. The maximum atomic E-state index is 14.2. The number of benzene rings is 1. The van der Waals surface area contributed by atoms with Crippen LogP contribution in [0.15, 0.2) is 70.0 Å². The molecule has 144 valence electrons. The number of halogens is 1. The van der Waals surface area contributed by atoms with Crippen LogP contribution in [0.3, 0.4) is 0 Å². The van der Waals surface area contributed by atoms with Crippen molar-refractivity contribution in [3.63, 3.8) is 0 Å². The van der Waals surface area contributed by atoms with Crippen LogP contribution >= 0.6 is 0 Å². The first-order chi connectivity index (χ1) is 13.5. The predicted octanol–water partition coefficient (Wildman–Crippen LogP) is 3.99. The molecule has 0 N–H and O–H groups in total. The highest BCUT2D eigenvalue weighted by molar-refractivity contribution is 5.92. The highest BCUT2D eigenvalue weighted by Gasteiger charge is 2.38. The van der Waals surface area contributed by atoms with Crippen molar-refractivity contribution in [1.29, 1.82) is 0 Å². The monoisotopic (exact) mass is 380 g/mol. The zero-order valence-corrected chi connectivity index (χ0v) is 15.5. The smallest absolute Gasteiger partial charge is 0.290 e. The van der Waals surface area contributed by atoms with Crippen LogP contribution in [-0.2, 0) is 6.54 Å². The molecule has 1 fully saturated rings. The minimum Gasteiger partial charge on any atom is -0.454 e. The highest BCUT2D eigenvalue weighted by atomic mass is 19.1. The van der Waals surface area contributed by atoms with E-state index in [9.17, 15) is 14.0 Å². The number of rotatable bonds is 6. The van der Waals surface area contributed by atoms with E-state index in [2.05, 4.69) is 0 Å². The van der Waals surface area contributed by atoms with Gasteiger partial charge in [0, 0.05) is 23.9 Å². The van der Waals surface area contributed by atoms with Gasteiger partial charge in [0.15, 0.2) is 5.76 Å². The molecular weight excluding hydrogens is 359 g/mol. The van der Waals surface area contributed by atoms with Gasteiger partial charge in [-0.25, -0.2) is 4.39 Å². The van der Waals surface area contributed by atoms with Gasteiger partial charge in [0.2, 0.25) is 0 Å². The van der Waals surface area contributed by atoms with Crippen LogP contribution in [0.1, 0.15) is 47.7 Å². The third-order valence-corrected chi connectivity index (χ3v) is 5.04. The molecule has 1 aliphatic rings. The molecule has 0 bridgehead atoms. The summed E-state index contributed by atoms with van der Waals surface area (Å²) in [4.78, 5) is 26.7. The maximum Gasteiger partial charge on any atom is 0.290 e. The molecule has 28 heavy (non-hydrogen) atoms. The highest BCUT2D eigenvalue weighted by Crippen LogP contribution is 2.36. The second kappa shape index (κ2) is 7.46. The summed E-state index contributed by atoms with van der Waals surface area (Å²) in [6.45, 7) is 2.08. The SMILES string of the molecule is CC(c1ccccc1F)N(C(=O)c1ccc(Cn2ccccc2=O)o1)C1CC1. The van der Waals surface area contributed by atoms with Crippen molar-refractivity contribution in [3.05, 3.63) is 94.0 Å². The lowest BCUT2D eigenvalue weighted by Crippen LogP contribution is -2.35. The number of hydrogen-bond acceptors (Lipinski definition) is 3. The lowest BCUT2D eigenvalue weighted by molar-refractivity contribution is 0.0636. The van der Waals surface area contributed by atoms with E-state index in [-0.39, 0.29) is 35.6 Å². The van der Waals surface area contributed by atoms with E-state index >= 15 is 0 Å². The van der Waals surface area contributed by atoms with Gasteiger partial charge in [0.05, 0.1) is 12.6 Å². The van der Waals surface area contributed by atoms with Crippen molar-refractivity contribution in [2.75, 3.05) is 0 Å². The summed E-state index contributed by atoms with van der Waals surface area (Å²) in [5.41, 5.74) is 0.352. The van der Waals surface area contributed by atoms with Crippen LogP contribution < -0.4 is 5.56 Å². The van der Waals surface area contributed by atoms with Gasteiger partial charge < -0.3 is 13.9 Å². The van der Waals surface area contributed by atoms with E-state index in [1.54, 1.807) is 53.6 Å². The van der Waals surface area contributed by atoms with E-state index in [1.165, 1.54) is 16.7 Å². The van der Waals surface area contributed by atoms with E-state index < -0.39 is 6.04 Å². The van der Waals surface area contributed by atoms with Crippen molar-refractivity contribution in [2.24, 2.45) is 0 Å². The van der Waals surface area contributed by atoms with E-state index in [0.717, 1.165) is 12.8 Å². The first-order valence-electron chi connectivity index (χ1n) is 9.36. The molecule has 0 radical (unpaired) electrons. The molecule has 2 aromatic heterocycles. The quantitative estimate of drug-likeness (QED) is 0.650. The Bertz CT molecular complexity index is 1050. The number of carbonyl (C=O) groups is 1. The number of nitrogens with zero attached hydrogens (tertiary/aromatic N) is 2. The van der Waals surface area contributed by atoms with Crippen LogP contribution in [0.25, 0.3) is 0 Å². The Labute approximate surface area is 162 Å². The van der Waals surface area contributed by atoms with Crippen LogP contribution in [0.2, 0.25) is 0 Å². The Kier molecular flexibility index (Phi) is 4.86. The number of amides is 1. The number of hydrogen-bond donors (Lipinski definition) is 0. The Morgan fingerprint density at radius 1 is 1.18 bits per heavy atom. The lowest BCUT2D eigenvalue weighted by Gasteiger charge is -2.29. The summed E-state index contributed by atoms with van der Waals surface area (Å²) >= 11 is 0. The number of carbonyl (C=O) groups excluding carboxylic acids is 1. The second-order valence-corrected chi connectivity index (χ2v) is 7.07. The molecular formula is C22H21FN2O3. The summed E-state index contributed by atoms with van der Waals surface area (Å²) in [6.07, 6.45) is 3.47. The van der Waals surface area contributed by atoms with Gasteiger partial charge in [0.25, 0.3) is 11.5 Å². The van der Waals surface area contributed by atoms with Gasteiger partial charge in [-0.1, -0.05) is 24.3 Å². The number of aromatic nitrogens is 1. The summed E-state index contributed by atoms with van der Waals surface area (Å²) in [5, 5.41) is 0. The first-order valence-corrected chi connectivity index (χ1v) is 9.36. The Hall–Kier alpha value is -3.15. The largest absolute Gasteiger partial charge is 0.454 e. The zero-order valence-electron chi connectivity index (χ0n) is 15.5. The minimum absolute atomic E-state index is 0.0902. The Balaban J connectivity index is 1.57. The molecule has 5 nitrogen and oxygen atoms in total. The fourth-order valence-corrected chi connectivity index (χ4v) is 3.44. The van der Waals surface area contributed by atoms with E-state index in [1.807, 2.05) is 6.92 Å². The summed E-state index contributed by atoms with van der Waals surface area (Å²) in [5.74, 6) is 0.141. The van der Waals surface area contributed by atoms with Crippen LogP contribution in [0, 0.1) is 5.82 Å². The molecule has 1 unspecified atom stereocenters. The minimum atomic E-state index is -0.397. The number of pyridine rings is 1. The first kappa shape index (κ1) is 18.2. The lowest BCUT2D eigenvalue weighted by atomic mass is 10.1. The molecule has 1 amide bonds. The standard InChI is InChI=1S/C22H21FN2O3/c1-15(18-6-2-3-7-19(18)23)25(16-9-10-16)22(27)20-12-11-17(28-20)14-24-13-5-4-8-21(24)26/h2-8,11-13,15-16H,9-10,14H2,1H3. The van der Waals surface area contributed by atoms with Gasteiger partial charge in [0.1, 0.15) is 11.6 Å². The molecule has 1 atom stereocenters. The van der Waals surface area contributed by atoms with Crippen LogP contribution in [-0.4, -0.2) is 21.4 Å². The zero-order chi connectivity index (χ0) is 19.7. The van der Waals surface area contributed by atoms with Gasteiger partial charge in [-0.3, -0.25) is 9.59 Å². The van der Waals surface area contributed by atoms with Gasteiger partial charge >= 0.3 is 0 Å². The second-order valence-electron chi connectivity index (χ2n) is 7.07. The molecule has 0 spiro atoms. The van der Waals surface area contributed by atoms with E-state index in [0.29, 0.717) is 11.3 Å². The average Bonchev–Trinajstić information content (AvgIpc) is 3.41. The fourth-order valence-electron chi connectivity index (χ4n) is 3.44. The molecule has 1 aliphatic carbocycles. The molecule has 0 aliphatic heterocycles. The van der Waals surface area contributed by atoms with Gasteiger partial charge in [-0.15, -0.1) is 0 Å². The summed E-state index contributed by atoms with van der Waals surface area (Å²) in [6, 6.07) is 14.4. The van der Waals surface area contributed by atoms with Crippen molar-refractivity contribution in [2.45, 2.75) is 38.4 Å². The summed E-state index contributed by atoms with van der Waals surface area (Å²) in [7, 11) is 0. The molecule has 4 rings (SSSR count). The molecule has 1 saturated carbocycles. The molecule has 3 aromatic rings. The molecule has 0 saturated heterocycles. The van der Waals surface area contributed by atoms with Crippen molar-refractivity contribution < 1.29 is 13.6 Å². The Morgan fingerprint density at radius 3 is 2.64 bits per heavy atom. The molecule has 1 aromatic carbocycles. The average molecular weight is 380 g/mol. The van der Waals surface area contributed by atoms with Gasteiger partial charge in [-0.05, 0) is 44.0 Å². The van der Waals surface area contributed by atoms with Crippen molar-refractivity contribution in [1.82, 2.24) is 9.47 Å². The van der Waals surface area contributed by atoms with Crippen LogP contribution in [0.5, 0.6) is 0 Å². The number of furan rings is 1. The van der Waals surface area contributed by atoms with Crippen molar-refractivity contribution >= 4 is 5.91 Å². The maximum absolute atomic E-state index is 14.2. The van der Waals surface area contributed by atoms with Crippen LogP contribution in [0.4, 0.5) is 4.39 Å². The Morgan fingerprint density at radius 2 is 1.93 bits per heavy atom. The summed E-state index contributed by atoms with van der Waals surface area (Å²) < 4.78 is 21.5. The topological polar surface area (TPSA) is 55.5 Å². The van der Waals surface area contributed by atoms with Gasteiger partial charge in [-0.2, -0.15) is 0 Å². The third-order valence-electron chi connectivity index (χ3n) is 5.04. The van der Waals surface area contributed by atoms with E-state index in [4.69, 9.17) is 4.42 Å². The molecule has 6 heteroatoms. The normalized spacial score (nSPS) is 14.6. The van der Waals surface area contributed by atoms with Crippen molar-refractivity contribution in [3.8, 4) is 0 Å². The third kappa shape index (κ3) is 3.63. The fraction of sp³-hybridized carbons (Fsp3) is 0.273. The predicted molar refractivity (Wildman–Crippen MR) is 103 cm³/mol.